The molecule has 1 amide bonds. The minimum atomic E-state index is -0.340. The van der Waals surface area contributed by atoms with Crippen LogP contribution in [-0.4, -0.2) is 56.3 Å². The lowest BCUT2D eigenvalue weighted by molar-refractivity contribution is -0.120. The monoisotopic (exact) mass is 428 g/mol. The molecule has 0 bridgehead atoms. The van der Waals surface area contributed by atoms with Crippen LogP contribution in [0.5, 0.6) is 0 Å². The number of likely N-dealkylation sites (N-methyl/N-ethyl adjacent to an activating group) is 1. The van der Waals surface area contributed by atoms with Gasteiger partial charge in [0.1, 0.15) is 11.6 Å². The molecule has 0 aliphatic heterocycles. The number of anilines is 3. The van der Waals surface area contributed by atoms with Crippen LogP contribution in [0.1, 0.15) is 24.8 Å². The average molecular weight is 429 g/mol. The number of carbonyl (C=O) groups excluding carboxylic acids is 1. The summed E-state index contributed by atoms with van der Waals surface area (Å²) >= 11 is 0. The van der Waals surface area contributed by atoms with Gasteiger partial charge in [-0.2, -0.15) is 4.98 Å². The van der Waals surface area contributed by atoms with Crippen LogP contribution in [0.3, 0.4) is 0 Å². The number of halogens is 1. The van der Waals surface area contributed by atoms with Gasteiger partial charge in [0, 0.05) is 38.9 Å². The summed E-state index contributed by atoms with van der Waals surface area (Å²) < 4.78 is 18.5. The summed E-state index contributed by atoms with van der Waals surface area (Å²) in [4.78, 5) is 20.2. The molecule has 2 rings (SSSR count). The Morgan fingerprint density at radius 3 is 2.90 bits per heavy atom. The number of aromatic nitrogens is 2. The second-order valence-electron chi connectivity index (χ2n) is 6.65. The first kappa shape index (κ1) is 24.1. The number of ether oxygens (including phenoxy) is 1. The van der Waals surface area contributed by atoms with E-state index in [1.165, 1.54) is 12.1 Å². The van der Waals surface area contributed by atoms with Crippen LogP contribution in [0.2, 0.25) is 0 Å². The van der Waals surface area contributed by atoms with Gasteiger partial charge in [0.05, 0.1) is 18.3 Å². The molecule has 0 saturated heterocycles. The smallest absolute Gasteiger partial charge is 0.233 e. The molecule has 31 heavy (non-hydrogen) atoms. The first-order chi connectivity index (χ1) is 15.1. The summed E-state index contributed by atoms with van der Waals surface area (Å²) in [6.45, 7) is 2.17. The van der Waals surface area contributed by atoms with E-state index in [1.54, 1.807) is 32.5 Å². The number of rotatable bonds is 12. The molecule has 4 N–H and O–H groups in total. The van der Waals surface area contributed by atoms with Crippen LogP contribution >= 0.6 is 0 Å². The Kier molecular flexibility index (Phi) is 10.8. The number of hydrogen-bond acceptors (Lipinski definition) is 7. The molecule has 1 heterocycles. The summed E-state index contributed by atoms with van der Waals surface area (Å²) in [7, 11) is 3.39. The Balaban J connectivity index is 2.00. The lowest BCUT2D eigenvalue weighted by Crippen LogP contribution is -2.32. The SMILES string of the molecule is CNCC(=O)NCCCC#Cc1cnc(Nc2cccc(F)c2)nc1NCCCOC. The maximum atomic E-state index is 13.4. The molecule has 0 aliphatic rings. The van der Waals surface area contributed by atoms with E-state index in [1.807, 2.05) is 0 Å². The fraction of sp³-hybridized carbons (Fsp3) is 0.409. The van der Waals surface area contributed by atoms with Crippen molar-refractivity contribution in [3.63, 3.8) is 0 Å². The van der Waals surface area contributed by atoms with Gasteiger partial charge in [-0.05, 0) is 38.1 Å². The number of amides is 1. The van der Waals surface area contributed by atoms with Gasteiger partial charge in [-0.25, -0.2) is 9.37 Å². The van der Waals surface area contributed by atoms with Gasteiger partial charge in [-0.3, -0.25) is 4.79 Å². The van der Waals surface area contributed by atoms with Crippen molar-refractivity contribution >= 4 is 23.4 Å². The second kappa shape index (κ2) is 13.9. The van der Waals surface area contributed by atoms with E-state index in [2.05, 4.69) is 43.1 Å². The van der Waals surface area contributed by atoms with Crippen LogP contribution in [0.4, 0.5) is 21.8 Å². The summed E-state index contributed by atoms with van der Waals surface area (Å²) in [6, 6.07) is 6.10. The fourth-order valence-corrected chi connectivity index (χ4v) is 2.57. The highest BCUT2D eigenvalue weighted by Gasteiger charge is 2.06. The standard InChI is InChI=1S/C22H29FN6O2/c1-24-16-20(30)25-11-5-3-4-8-17-15-27-22(28-19-10-6-9-18(23)14-19)29-21(17)26-12-7-13-31-2/h6,9-10,14-15,24H,3,5,7,11-13,16H2,1-2H3,(H,25,30)(H2,26,27,28,29). The van der Waals surface area contributed by atoms with Gasteiger partial charge in [0.2, 0.25) is 11.9 Å². The predicted molar refractivity (Wildman–Crippen MR) is 120 cm³/mol. The van der Waals surface area contributed by atoms with E-state index < -0.39 is 0 Å². The molecular weight excluding hydrogens is 399 g/mol. The highest BCUT2D eigenvalue weighted by molar-refractivity contribution is 5.77. The van der Waals surface area contributed by atoms with Gasteiger partial charge < -0.3 is 26.0 Å². The van der Waals surface area contributed by atoms with Crippen molar-refractivity contribution in [2.75, 3.05) is 51.0 Å². The number of nitrogens with zero attached hydrogens (tertiary/aromatic N) is 2. The normalized spacial score (nSPS) is 10.2. The maximum Gasteiger partial charge on any atom is 0.233 e. The highest BCUT2D eigenvalue weighted by atomic mass is 19.1. The van der Waals surface area contributed by atoms with Crippen molar-refractivity contribution in [3.8, 4) is 11.8 Å². The molecule has 0 fully saturated rings. The zero-order chi connectivity index (χ0) is 22.3. The average Bonchev–Trinajstić information content (AvgIpc) is 2.75. The quantitative estimate of drug-likeness (QED) is 0.304. The molecular formula is C22H29FN6O2. The third-order valence-electron chi connectivity index (χ3n) is 4.05. The fourth-order valence-electron chi connectivity index (χ4n) is 2.57. The lowest BCUT2D eigenvalue weighted by atomic mass is 10.2. The van der Waals surface area contributed by atoms with Crippen molar-refractivity contribution in [1.29, 1.82) is 0 Å². The van der Waals surface area contributed by atoms with Crippen LogP contribution in [0.25, 0.3) is 0 Å². The first-order valence-electron chi connectivity index (χ1n) is 10.1. The molecule has 0 spiro atoms. The number of unbranched alkanes of at least 4 members (excludes halogenated alkanes) is 1. The van der Waals surface area contributed by atoms with Crippen molar-refractivity contribution in [3.05, 3.63) is 41.8 Å². The summed E-state index contributed by atoms with van der Waals surface area (Å²) in [5.74, 6) is 6.75. The van der Waals surface area contributed by atoms with E-state index in [4.69, 9.17) is 4.74 Å². The van der Waals surface area contributed by atoms with Gasteiger partial charge >= 0.3 is 0 Å². The van der Waals surface area contributed by atoms with Gasteiger partial charge in [-0.15, -0.1) is 0 Å². The Hall–Kier alpha value is -3.22. The molecule has 8 nitrogen and oxygen atoms in total. The number of methoxy groups -OCH3 is 1. The number of carbonyl (C=O) groups is 1. The zero-order valence-electron chi connectivity index (χ0n) is 17.9. The van der Waals surface area contributed by atoms with Crippen molar-refractivity contribution in [2.24, 2.45) is 0 Å². The van der Waals surface area contributed by atoms with Gasteiger partial charge in [0.15, 0.2) is 0 Å². The van der Waals surface area contributed by atoms with Crippen LogP contribution in [0, 0.1) is 17.7 Å². The van der Waals surface area contributed by atoms with Crippen molar-refractivity contribution in [1.82, 2.24) is 20.6 Å². The molecule has 9 heteroatoms. The molecule has 1 aromatic carbocycles. The van der Waals surface area contributed by atoms with E-state index in [0.29, 0.717) is 55.7 Å². The van der Waals surface area contributed by atoms with Crippen molar-refractivity contribution < 1.29 is 13.9 Å². The topological polar surface area (TPSA) is 100 Å². The predicted octanol–water partition coefficient (Wildman–Crippen LogP) is 2.27. The third-order valence-corrected chi connectivity index (χ3v) is 4.05. The maximum absolute atomic E-state index is 13.4. The van der Waals surface area contributed by atoms with Gasteiger partial charge in [0.25, 0.3) is 0 Å². The lowest BCUT2D eigenvalue weighted by Gasteiger charge is -2.10. The van der Waals surface area contributed by atoms with Crippen LogP contribution in [-0.2, 0) is 9.53 Å². The van der Waals surface area contributed by atoms with E-state index in [-0.39, 0.29) is 11.7 Å². The Morgan fingerprint density at radius 2 is 2.13 bits per heavy atom. The van der Waals surface area contributed by atoms with Crippen LogP contribution < -0.4 is 21.3 Å². The molecule has 0 saturated carbocycles. The first-order valence-corrected chi connectivity index (χ1v) is 10.1. The molecule has 166 valence electrons. The number of benzene rings is 1. The summed E-state index contributed by atoms with van der Waals surface area (Å²) in [5.41, 5.74) is 1.23. The zero-order valence-corrected chi connectivity index (χ0v) is 17.9. The Bertz CT molecular complexity index is 897. The molecule has 2 aromatic rings. The summed E-state index contributed by atoms with van der Waals surface area (Å²) in [6.07, 6.45) is 3.83. The summed E-state index contributed by atoms with van der Waals surface area (Å²) in [5, 5.41) is 11.9. The second-order valence-corrected chi connectivity index (χ2v) is 6.65. The molecule has 0 unspecified atom stereocenters. The number of nitrogens with one attached hydrogen (secondary N) is 4. The highest BCUT2D eigenvalue weighted by Crippen LogP contribution is 2.18. The van der Waals surface area contributed by atoms with Crippen LogP contribution in [0.15, 0.2) is 30.5 Å². The number of hydrogen-bond donors (Lipinski definition) is 4. The molecule has 0 aliphatic carbocycles. The Labute approximate surface area is 182 Å². The Morgan fingerprint density at radius 1 is 1.26 bits per heavy atom. The third kappa shape index (κ3) is 9.42. The molecule has 0 atom stereocenters. The van der Waals surface area contributed by atoms with E-state index in [9.17, 15) is 9.18 Å². The minimum absolute atomic E-state index is 0.0345. The van der Waals surface area contributed by atoms with E-state index in [0.717, 1.165) is 12.8 Å². The van der Waals surface area contributed by atoms with E-state index >= 15 is 0 Å². The largest absolute Gasteiger partial charge is 0.385 e. The minimum Gasteiger partial charge on any atom is -0.385 e. The molecule has 1 aromatic heterocycles. The van der Waals surface area contributed by atoms with Gasteiger partial charge in [-0.1, -0.05) is 17.9 Å². The van der Waals surface area contributed by atoms with Crippen molar-refractivity contribution in [2.45, 2.75) is 19.3 Å². The molecule has 0 radical (unpaired) electrons.